The lowest BCUT2D eigenvalue weighted by atomic mass is 9.98. The van der Waals surface area contributed by atoms with E-state index in [9.17, 15) is 4.79 Å². The first-order valence-corrected chi connectivity index (χ1v) is 8.35. The van der Waals surface area contributed by atoms with E-state index in [1.54, 1.807) is 32.4 Å². The molecule has 3 aromatic carbocycles. The van der Waals surface area contributed by atoms with Gasteiger partial charge in [-0.15, -0.1) is 0 Å². The first-order valence-electron chi connectivity index (χ1n) is 8.35. The van der Waals surface area contributed by atoms with E-state index in [1.807, 2.05) is 60.7 Å². The SMILES string of the molecule is COc1ccc(OC)c(C(=O)NC(c2ccccc2)c2ccccc2)c1. The Balaban J connectivity index is 1.96. The fourth-order valence-electron chi connectivity index (χ4n) is 2.85. The second-order valence-corrected chi connectivity index (χ2v) is 5.79. The predicted molar refractivity (Wildman–Crippen MR) is 102 cm³/mol. The first kappa shape index (κ1) is 17.5. The van der Waals surface area contributed by atoms with Gasteiger partial charge in [-0.25, -0.2) is 0 Å². The zero-order chi connectivity index (χ0) is 18.4. The molecule has 4 heteroatoms. The summed E-state index contributed by atoms with van der Waals surface area (Å²) in [5.74, 6) is 0.883. The Labute approximate surface area is 153 Å². The molecule has 0 atom stereocenters. The summed E-state index contributed by atoms with van der Waals surface area (Å²) in [5.41, 5.74) is 2.45. The second-order valence-electron chi connectivity index (χ2n) is 5.79. The highest BCUT2D eigenvalue weighted by atomic mass is 16.5. The van der Waals surface area contributed by atoms with Crippen molar-refractivity contribution in [3.8, 4) is 11.5 Å². The molecule has 0 radical (unpaired) electrons. The normalized spacial score (nSPS) is 10.4. The molecule has 3 rings (SSSR count). The monoisotopic (exact) mass is 347 g/mol. The molecule has 3 aromatic rings. The predicted octanol–water partition coefficient (Wildman–Crippen LogP) is 4.22. The quantitative estimate of drug-likeness (QED) is 0.726. The van der Waals surface area contributed by atoms with Crippen LogP contribution in [0.25, 0.3) is 0 Å². The van der Waals surface area contributed by atoms with Gasteiger partial charge < -0.3 is 14.8 Å². The first-order chi connectivity index (χ1) is 12.7. The molecule has 132 valence electrons. The lowest BCUT2D eigenvalue weighted by Gasteiger charge is -2.21. The molecule has 0 aromatic heterocycles. The van der Waals surface area contributed by atoms with Crippen LogP contribution in [-0.4, -0.2) is 20.1 Å². The molecule has 0 fully saturated rings. The Hall–Kier alpha value is -3.27. The number of rotatable bonds is 6. The number of benzene rings is 3. The topological polar surface area (TPSA) is 47.6 Å². The van der Waals surface area contributed by atoms with Crippen molar-refractivity contribution >= 4 is 5.91 Å². The average Bonchev–Trinajstić information content (AvgIpc) is 2.72. The number of hydrogen-bond acceptors (Lipinski definition) is 3. The van der Waals surface area contributed by atoms with Gasteiger partial charge in [0, 0.05) is 0 Å². The summed E-state index contributed by atoms with van der Waals surface area (Å²) in [4.78, 5) is 13.0. The van der Waals surface area contributed by atoms with Crippen molar-refractivity contribution in [3.63, 3.8) is 0 Å². The van der Waals surface area contributed by atoms with E-state index in [2.05, 4.69) is 5.32 Å². The van der Waals surface area contributed by atoms with Crippen LogP contribution in [0.3, 0.4) is 0 Å². The molecule has 4 nitrogen and oxygen atoms in total. The molecule has 0 unspecified atom stereocenters. The molecule has 0 saturated heterocycles. The fraction of sp³-hybridized carbons (Fsp3) is 0.136. The van der Waals surface area contributed by atoms with Crippen molar-refractivity contribution in [2.24, 2.45) is 0 Å². The van der Waals surface area contributed by atoms with Gasteiger partial charge in [-0.05, 0) is 29.3 Å². The highest BCUT2D eigenvalue weighted by Crippen LogP contribution is 2.27. The van der Waals surface area contributed by atoms with Gasteiger partial charge in [0.2, 0.25) is 0 Å². The van der Waals surface area contributed by atoms with Crippen LogP contribution in [-0.2, 0) is 0 Å². The van der Waals surface area contributed by atoms with Crippen LogP contribution in [0.5, 0.6) is 11.5 Å². The minimum Gasteiger partial charge on any atom is -0.497 e. The summed E-state index contributed by atoms with van der Waals surface area (Å²) in [7, 11) is 3.12. The van der Waals surface area contributed by atoms with Crippen LogP contribution in [0.4, 0.5) is 0 Å². The Kier molecular flexibility index (Phi) is 5.54. The number of methoxy groups -OCH3 is 2. The number of hydrogen-bond donors (Lipinski definition) is 1. The van der Waals surface area contributed by atoms with Crippen LogP contribution in [0, 0.1) is 0 Å². The largest absolute Gasteiger partial charge is 0.497 e. The standard InChI is InChI=1S/C22H21NO3/c1-25-18-13-14-20(26-2)19(15-18)22(24)23-21(16-9-5-3-6-10-16)17-11-7-4-8-12-17/h3-15,21H,1-2H3,(H,23,24). The van der Waals surface area contributed by atoms with Gasteiger partial charge >= 0.3 is 0 Å². The summed E-state index contributed by atoms with van der Waals surface area (Å²) < 4.78 is 10.6. The molecular weight excluding hydrogens is 326 g/mol. The third kappa shape index (κ3) is 3.86. The van der Waals surface area contributed by atoms with Crippen molar-refractivity contribution in [1.82, 2.24) is 5.32 Å². The molecule has 0 saturated carbocycles. The van der Waals surface area contributed by atoms with Crippen molar-refractivity contribution in [2.75, 3.05) is 14.2 Å². The van der Waals surface area contributed by atoms with E-state index < -0.39 is 0 Å². The van der Waals surface area contributed by atoms with E-state index in [-0.39, 0.29) is 11.9 Å². The third-order valence-electron chi connectivity index (χ3n) is 4.19. The Morgan fingerprint density at radius 2 is 1.38 bits per heavy atom. The van der Waals surface area contributed by atoms with E-state index >= 15 is 0 Å². The summed E-state index contributed by atoms with van der Waals surface area (Å²) in [6, 6.07) is 24.7. The van der Waals surface area contributed by atoms with E-state index in [0.29, 0.717) is 17.1 Å². The molecule has 0 aliphatic carbocycles. The fourth-order valence-corrected chi connectivity index (χ4v) is 2.85. The molecule has 0 bridgehead atoms. The van der Waals surface area contributed by atoms with Crippen LogP contribution in [0.15, 0.2) is 78.9 Å². The number of amides is 1. The number of nitrogens with one attached hydrogen (secondary N) is 1. The maximum Gasteiger partial charge on any atom is 0.255 e. The molecular formula is C22H21NO3. The average molecular weight is 347 g/mol. The van der Waals surface area contributed by atoms with Crippen molar-refractivity contribution in [1.29, 1.82) is 0 Å². The minimum atomic E-state index is -0.263. The van der Waals surface area contributed by atoms with Gasteiger partial charge in [0.05, 0.1) is 25.8 Å². The maximum atomic E-state index is 13.0. The van der Waals surface area contributed by atoms with Gasteiger partial charge in [0.15, 0.2) is 0 Å². The maximum absolute atomic E-state index is 13.0. The highest BCUT2D eigenvalue weighted by Gasteiger charge is 2.20. The molecule has 0 heterocycles. The number of carbonyl (C=O) groups is 1. The molecule has 0 aliphatic heterocycles. The van der Waals surface area contributed by atoms with Gasteiger partial charge in [0.1, 0.15) is 11.5 Å². The third-order valence-corrected chi connectivity index (χ3v) is 4.19. The highest BCUT2D eigenvalue weighted by molar-refractivity contribution is 5.97. The van der Waals surface area contributed by atoms with E-state index in [0.717, 1.165) is 11.1 Å². The zero-order valence-electron chi connectivity index (χ0n) is 14.8. The van der Waals surface area contributed by atoms with Crippen molar-refractivity contribution in [3.05, 3.63) is 95.6 Å². The van der Waals surface area contributed by atoms with E-state index in [1.165, 1.54) is 0 Å². The Morgan fingerprint density at radius 1 is 0.808 bits per heavy atom. The molecule has 1 N–H and O–H groups in total. The zero-order valence-corrected chi connectivity index (χ0v) is 14.8. The molecule has 1 amide bonds. The van der Waals surface area contributed by atoms with E-state index in [4.69, 9.17) is 9.47 Å². The second kappa shape index (κ2) is 8.21. The van der Waals surface area contributed by atoms with Gasteiger partial charge in [-0.1, -0.05) is 60.7 Å². The molecule has 0 aliphatic rings. The van der Waals surface area contributed by atoms with Crippen molar-refractivity contribution in [2.45, 2.75) is 6.04 Å². The van der Waals surface area contributed by atoms with Gasteiger partial charge in [-0.2, -0.15) is 0 Å². The summed E-state index contributed by atoms with van der Waals surface area (Å²) in [5, 5.41) is 3.12. The minimum absolute atomic E-state index is 0.224. The smallest absolute Gasteiger partial charge is 0.255 e. The van der Waals surface area contributed by atoms with Gasteiger partial charge in [-0.3, -0.25) is 4.79 Å². The van der Waals surface area contributed by atoms with Crippen molar-refractivity contribution < 1.29 is 14.3 Å². The Bertz CT molecular complexity index is 824. The summed E-state index contributed by atoms with van der Waals surface area (Å²) in [6.07, 6.45) is 0. The molecule has 0 spiro atoms. The molecule has 26 heavy (non-hydrogen) atoms. The summed E-state index contributed by atoms with van der Waals surface area (Å²) >= 11 is 0. The lowest BCUT2D eigenvalue weighted by Crippen LogP contribution is -2.29. The van der Waals surface area contributed by atoms with Crippen LogP contribution < -0.4 is 14.8 Å². The number of carbonyl (C=O) groups excluding carboxylic acids is 1. The lowest BCUT2D eigenvalue weighted by molar-refractivity contribution is 0.0939. The number of ether oxygens (including phenoxy) is 2. The summed E-state index contributed by atoms with van der Waals surface area (Å²) in [6.45, 7) is 0. The van der Waals surface area contributed by atoms with Gasteiger partial charge in [0.25, 0.3) is 5.91 Å². The van der Waals surface area contributed by atoms with Crippen LogP contribution >= 0.6 is 0 Å². The Morgan fingerprint density at radius 3 is 1.88 bits per heavy atom. The van der Waals surface area contributed by atoms with Crippen LogP contribution in [0.1, 0.15) is 27.5 Å². The van der Waals surface area contributed by atoms with Crippen LogP contribution in [0.2, 0.25) is 0 Å².